The van der Waals surface area contributed by atoms with Crippen LogP contribution in [-0.2, 0) is 4.79 Å². The van der Waals surface area contributed by atoms with Crippen LogP contribution in [0.2, 0.25) is 0 Å². The quantitative estimate of drug-likeness (QED) is 0.814. The van der Waals surface area contributed by atoms with Crippen LogP contribution >= 0.6 is 0 Å². The van der Waals surface area contributed by atoms with E-state index in [9.17, 15) is 9.59 Å². The summed E-state index contributed by atoms with van der Waals surface area (Å²) in [6.07, 6.45) is 7.61. The highest BCUT2D eigenvalue weighted by molar-refractivity contribution is 5.76. The number of nitrogens with one attached hydrogen (secondary N) is 1. The number of amides is 2. The molecule has 0 aromatic heterocycles. The number of carboxylic acids is 1. The lowest BCUT2D eigenvalue weighted by Crippen LogP contribution is -2.52. The molecule has 114 valence electrons. The highest BCUT2D eigenvalue weighted by Crippen LogP contribution is 2.43. The maximum Gasteiger partial charge on any atom is 0.317 e. The number of hydrogen-bond acceptors (Lipinski definition) is 2. The maximum atomic E-state index is 12.3. The molecule has 1 aliphatic carbocycles. The van der Waals surface area contributed by atoms with Gasteiger partial charge < -0.3 is 15.3 Å². The Labute approximate surface area is 120 Å². The Bertz CT molecular complexity index is 361. The van der Waals surface area contributed by atoms with Crippen LogP contribution in [0.4, 0.5) is 4.79 Å². The standard InChI is InChI=1S/C15H26N2O3/c1-2-15(7-5-8-15)11-16-14(20)17-9-4-3-6-12(17)10-13(18)19/h12H,2-11H2,1H3,(H,16,20)(H,18,19). The molecule has 1 saturated carbocycles. The second-order valence-corrected chi connectivity index (χ2v) is 6.31. The summed E-state index contributed by atoms with van der Waals surface area (Å²) < 4.78 is 0. The largest absolute Gasteiger partial charge is 0.481 e. The molecule has 2 rings (SSSR count). The van der Waals surface area contributed by atoms with E-state index in [-0.39, 0.29) is 18.5 Å². The molecule has 0 aromatic rings. The minimum atomic E-state index is -0.821. The normalized spacial score (nSPS) is 24.9. The molecular weight excluding hydrogens is 256 g/mol. The van der Waals surface area contributed by atoms with E-state index in [2.05, 4.69) is 12.2 Å². The Kier molecular flexibility index (Phi) is 4.89. The molecule has 0 aromatic carbocycles. The molecule has 2 N–H and O–H groups in total. The molecule has 2 fully saturated rings. The van der Waals surface area contributed by atoms with Crippen LogP contribution in [0, 0.1) is 5.41 Å². The number of carbonyl (C=O) groups is 2. The summed E-state index contributed by atoms with van der Waals surface area (Å²) in [6.45, 7) is 3.60. The predicted molar refractivity (Wildman–Crippen MR) is 76.6 cm³/mol. The highest BCUT2D eigenvalue weighted by atomic mass is 16.4. The van der Waals surface area contributed by atoms with Crippen molar-refractivity contribution in [3.63, 3.8) is 0 Å². The molecule has 1 aliphatic heterocycles. The van der Waals surface area contributed by atoms with Crippen molar-refractivity contribution < 1.29 is 14.7 Å². The van der Waals surface area contributed by atoms with Gasteiger partial charge in [0.1, 0.15) is 0 Å². The lowest BCUT2D eigenvalue weighted by atomic mass is 9.67. The third-order valence-corrected chi connectivity index (χ3v) is 5.08. The number of likely N-dealkylation sites (tertiary alicyclic amines) is 1. The fourth-order valence-corrected chi connectivity index (χ4v) is 3.38. The molecule has 1 saturated heterocycles. The number of urea groups is 1. The first-order chi connectivity index (χ1) is 9.56. The average Bonchev–Trinajstić information content (AvgIpc) is 2.37. The Balaban J connectivity index is 1.87. The van der Waals surface area contributed by atoms with Crippen LogP contribution in [-0.4, -0.2) is 41.1 Å². The first-order valence-corrected chi connectivity index (χ1v) is 7.82. The Hall–Kier alpha value is -1.26. The zero-order valence-electron chi connectivity index (χ0n) is 12.4. The minimum absolute atomic E-state index is 0.0618. The van der Waals surface area contributed by atoms with Crippen LogP contribution in [0.5, 0.6) is 0 Å². The number of rotatable bonds is 5. The Morgan fingerprint density at radius 1 is 1.30 bits per heavy atom. The van der Waals surface area contributed by atoms with Gasteiger partial charge in [0.15, 0.2) is 0 Å². The number of carboxylic acid groups (broad SMARTS) is 1. The van der Waals surface area contributed by atoms with Gasteiger partial charge in [-0.05, 0) is 43.9 Å². The van der Waals surface area contributed by atoms with Crippen molar-refractivity contribution in [1.82, 2.24) is 10.2 Å². The Morgan fingerprint density at radius 3 is 2.60 bits per heavy atom. The molecule has 0 bridgehead atoms. The summed E-state index contributed by atoms with van der Waals surface area (Å²) in [4.78, 5) is 24.9. The van der Waals surface area contributed by atoms with E-state index in [1.54, 1.807) is 4.90 Å². The van der Waals surface area contributed by atoms with Gasteiger partial charge in [0.2, 0.25) is 0 Å². The fraction of sp³-hybridized carbons (Fsp3) is 0.867. The van der Waals surface area contributed by atoms with Crippen LogP contribution in [0.25, 0.3) is 0 Å². The monoisotopic (exact) mass is 282 g/mol. The molecule has 5 nitrogen and oxygen atoms in total. The molecule has 0 radical (unpaired) electrons. The molecule has 5 heteroatoms. The van der Waals surface area contributed by atoms with E-state index < -0.39 is 5.97 Å². The van der Waals surface area contributed by atoms with Crippen LogP contribution in [0.1, 0.15) is 58.3 Å². The van der Waals surface area contributed by atoms with Crippen molar-refractivity contribution in [2.45, 2.75) is 64.3 Å². The van der Waals surface area contributed by atoms with E-state index in [1.165, 1.54) is 19.3 Å². The molecule has 0 spiro atoms. The van der Waals surface area contributed by atoms with Crippen molar-refractivity contribution in [1.29, 1.82) is 0 Å². The van der Waals surface area contributed by atoms with Gasteiger partial charge in [0.25, 0.3) is 0 Å². The zero-order chi connectivity index (χ0) is 14.6. The van der Waals surface area contributed by atoms with E-state index in [0.717, 1.165) is 32.2 Å². The van der Waals surface area contributed by atoms with Gasteiger partial charge in [0.05, 0.1) is 6.42 Å². The fourth-order valence-electron chi connectivity index (χ4n) is 3.38. The molecule has 1 unspecified atom stereocenters. The van der Waals surface area contributed by atoms with Gasteiger partial charge in [-0.2, -0.15) is 0 Å². The zero-order valence-corrected chi connectivity index (χ0v) is 12.4. The number of hydrogen-bond donors (Lipinski definition) is 2. The third kappa shape index (κ3) is 3.44. The van der Waals surface area contributed by atoms with Crippen molar-refractivity contribution >= 4 is 12.0 Å². The molecule has 2 aliphatic rings. The smallest absolute Gasteiger partial charge is 0.317 e. The van der Waals surface area contributed by atoms with E-state index in [0.29, 0.717) is 12.0 Å². The Morgan fingerprint density at radius 2 is 2.05 bits per heavy atom. The predicted octanol–water partition coefficient (Wildman–Crippen LogP) is 2.61. The topological polar surface area (TPSA) is 69.6 Å². The van der Waals surface area contributed by atoms with E-state index in [4.69, 9.17) is 5.11 Å². The van der Waals surface area contributed by atoms with Crippen LogP contribution < -0.4 is 5.32 Å². The average molecular weight is 282 g/mol. The number of aliphatic carboxylic acids is 1. The first kappa shape index (κ1) is 15.1. The van der Waals surface area contributed by atoms with Crippen LogP contribution in [0.15, 0.2) is 0 Å². The van der Waals surface area contributed by atoms with Gasteiger partial charge in [-0.25, -0.2) is 4.79 Å². The molecule has 20 heavy (non-hydrogen) atoms. The summed E-state index contributed by atoms with van der Waals surface area (Å²) in [6, 6.07) is -0.212. The SMILES string of the molecule is CCC1(CNC(=O)N2CCCCC2CC(=O)O)CCC1. The lowest BCUT2D eigenvalue weighted by molar-refractivity contribution is -0.138. The second-order valence-electron chi connectivity index (χ2n) is 6.31. The third-order valence-electron chi connectivity index (χ3n) is 5.08. The maximum absolute atomic E-state index is 12.3. The van der Waals surface area contributed by atoms with E-state index >= 15 is 0 Å². The van der Waals surface area contributed by atoms with Crippen LogP contribution in [0.3, 0.4) is 0 Å². The number of nitrogens with zero attached hydrogens (tertiary/aromatic N) is 1. The van der Waals surface area contributed by atoms with E-state index in [1.807, 2.05) is 0 Å². The van der Waals surface area contributed by atoms with Gasteiger partial charge >= 0.3 is 12.0 Å². The van der Waals surface area contributed by atoms with Crippen molar-refractivity contribution in [3.8, 4) is 0 Å². The van der Waals surface area contributed by atoms with Crippen molar-refractivity contribution in [3.05, 3.63) is 0 Å². The van der Waals surface area contributed by atoms with Crippen molar-refractivity contribution in [2.75, 3.05) is 13.1 Å². The van der Waals surface area contributed by atoms with Gasteiger partial charge in [0, 0.05) is 19.1 Å². The van der Waals surface area contributed by atoms with Gasteiger partial charge in [-0.1, -0.05) is 13.3 Å². The molecular formula is C15H26N2O3. The molecule has 1 atom stereocenters. The highest BCUT2D eigenvalue weighted by Gasteiger charge is 2.36. The van der Waals surface area contributed by atoms with Gasteiger partial charge in [-0.15, -0.1) is 0 Å². The first-order valence-electron chi connectivity index (χ1n) is 7.82. The molecule has 1 heterocycles. The minimum Gasteiger partial charge on any atom is -0.481 e. The number of piperidine rings is 1. The summed E-state index contributed by atoms with van der Waals surface area (Å²) in [5, 5.41) is 12.0. The van der Waals surface area contributed by atoms with Gasteiger partial charge in [-0.3, -0.25) is 4.79 Å². The lowest BCUT2D eigenvalue weighted by Gasteiger charge is -2.42. The number of carbonyl (C=O) groups excluding carboxylic acids is 1. The summed E-state index contributed by atoms with van der Waals surface area (Å²) >= 11 is 0. The summed E-state index contributed by atoms with van der Waals surface area (Å²) in [7, 11) is 0. The van der Waals surface area contributed by atoms with Crippen molar-refractivity contribution in [2.24, 2.45) is 5.41 Å². The molecule has 2 amide bonds. The summed E-state index contributed by atoms with van der Waals surface area (Å²) in [5.41, 5.74) is 0.299. The summed E-state index contributed by atoms with van der Waals surface area (Å²) in [5.74, 6) is -0.821. The second kappa shape index (κ2) is 6.46.